The van der Waals surface area contributed by atoms with Gasteiger partial charge in [0.15, 0.2) is 0 Å². The number of anilines is 2. The maximum Gasteiger partial charge on any atom is 0.419 e. The zero-order valence-electron chi connectivity index (χ0n) is 18.5. The van der Waals surface area contributed by atoms with Gasteiger partial charge < -0.3 is 15.2 Å². The normalized spacial score (nSPS) is 16.4. The molecule has 0 radical (unpaired) electrons. The van der Waals surface area contributed by atoms with E-state index in [1.165, 1.54) is 23.2 Å². The summed E-state index contributed by atoms with van der Waals surface area (Å²) in [6.45, 7) is 2.43. The van der Waals surface area contributed by atoms with E-state index in [9.17, 15) is 22.8 Å². The largest absolute Gasteiger partial charge is 0.419 e. The summed E-state index contributed by atoms with van der Waals surface area (Å²) in [6.07, 6.45) is -1.46. The summed E-state index contributed by atoms with van der Waals surface area (Å²) >= 11 is 0. The number of amides is 1. The summed E-state index contributed by atoms with van der Waals surface area (Å²) in [7, 11) is 0. The third-order valence-corrected chi connectivity index (χ3v) is 5.74. The number of alkyl halides is 3. The predicted molar refractivity (Wildman–Crippen MR) is 122 cm³/mol. The number of rotatable bonds is 5. The lowest BCUT2D eigenvalue weighted by Crippen LogP contribution is -2.42. The molecule has 7 nitrogen and oxygen atoms in total. The minimum Gasteiger partial charge on any atom is -0.355 e. The smallest absolute Gasteiger partial charge is 0.355 e. The van der Waals surface area contributed by atoms with Crippen LogP contribution < -0.4 is 15.8 Å². The fraction of sp³-hybridized carbons (Fsp3) is 0.333. The topological polar surface area (TPSA) is 91.0 Å². The Kier molecular flexibility index (Phi) is 6.67. The molecule has 3 aromatic rings. The second kappa shape index (κ2) is 9.66. The van der Waals surface area contributed by atoms with E-state index in [0.717, 1.165) is 6.07 Å². The van der Waals surface area contributed by atoms with Gasteiger partial charge in [0.2, 0.25) is 5.91 Å². The molecule has 1 aromatic carbocycles. The van der Waals surface area contributed by atoms with Crippen LogP contribution in [0.25, 0.3) is 11.4 Å². The van der Waals surface area contributed by atoms with E-state index in [1.54, 1.807) is 24.3 Å². The molecule has 1 fully saturated rings. The average molecular weight is 471 g/mol. The van der Waals surface area contributed by atoms with E-state index in [1.807, 2.05) is 6.92 Å². The highest BCUT2D eigenvalue weighted by Crippen LogP contribution is 2.36. The average Bonchev–Trinajstić information content (AvgIpc) is 2.83. The second-order valence-electron chi connectivity index (χ2n) is 8.17. The fourth-order valence-corrected chi connectivity index (χ4v) is 4.07. The van der Waals surface area contributed by atoms with Gasteiger partial charge in [-0.2, -0.15) is 13.2 Å². The Balaban J connectivity index is 1.50. The second-order valence-corrected chi connectivity index (χ2v) is 8.17. The number of pyridine rings is 1. The number of hydrogen-bond acceptors (Lipinski definition) is 5. The first-order valence-electron chi connectivity index (χ1n) is 11.0. The molecule has 34 heavy (non-hydrogen) atoms. The Morgan fingerprint density at radius 2 is 2.06 bits per heavy atom. The van der Waals surface area contributed by atoms with Crippen molar-refractivity contribution in [3.63, 3.8) is 0 Å². The van der Waals surface area contributed by atoms with Crippen LogP contribution in [0.15, 0.2) is 53.5 Å². The van der Waals surface area contributed by atoms with E-state index >= 15 is 0 Å². The molecule has 3 heterocycles. The molecule has 2 N–H and O–H groups in total. The number of benzene rings is 1. The van der Waals surface area contributed by atoms with Crippen LogP contribution in [0, 0.1) is 5.92 Å². The van der Waals surface area contributed by atoms with Gasteiger partial charge in [0.1, 0.15) is 11.6 Å². The third kappa shape index (κ3) is 5.27. The molecule has 1 aliphatic heterocycles. The van der Waals surface area contributed by atoms with Gasteiger partial charge in [0, 0.05) is 42.3 Å². The molecule has 10 heteroatoms. The zero-order chi connectivity index (χ0) is 24.3. The van der Waals surface area contributed by atoms with Crippen LogP contribution in [0.3, 0.4) is 0 Å². The molecule has 0 spiro atoms. The molecule has 0 bridgehead atoms. The number of hydrogen-bond donors (Lipinski definition) is 2. The van der Waals surface area contributed by atoms with Crippen molar-refractivity contribution < 1.29 is 18.0 Å². The zero-order valence-corrected chi connectivity index (χ0v) is 18.5. The highest BCUT2D eigenvalue weighted by molar-refractivity contribution is 5.93. The number of piperidine rings is 1. The lowest BCUT2D eigenvalue weighted by atomic mass is 9.96. The summed E-state index contributed by atoms with van der Waals surface area (Å²) < 4.78 is 40.3. The van der Waals surface area contributed by atoms with Crippen LogP contribution >= 0.6 is 0 Å². The number of nitrogens with zero attached hydrogens (tertiary/aromatic N) is 3. The molecule has 2 aromatic heterocycles. The molecule has 1 amide bonds. The van der Waals surface area contributed by atoms with Crippen LogP contribution in [0.5, 0.6) is 0 Å². The van der Waals surface area contributed by atoms with Crippen molar-refractivity contribution in [3.8, 4) is 11.4 Å². The summed E-state index contributed by atoms with van der Waals surface area (Å²) in [5.74, 6) is -0.531. The number of aromatic amines is 1. The first-order valence-corrected chi connectivity index (χ1v) is 11.0. The summed E-state index contributed by atoms with van der Waals surface area (Å²) in [4.78, 5) is 37.5. The third-order valence-electron chi connectivity index (χ3n) is 5.74. The molecule has 0 saturated carbocycles. The molecule has 1 aliphatic rings. The Labute approximate surface area is 194 Å². The number of aryl methyl sites for hydroxylation is 1. The van der Waals surface area contributed by atoms with Crippen LogP contribution in [0.4, 0.5) is 24.7 Å². The monoisotopic (exact) mass is 471 g/mol. The molecule has 1 saturated heterocycles. The minimum absolute atomic E-state index is 0.138. The van der Waals surface area contributed by atoms with Crippen LogP contribution in [-0.4, -0.2) is 33.9 Å². The van der Waals surface area contributed by atoms with Crippen molar-refractivity contribution in [1.29, 1.82) is 0 Å². The van der Waals surface area contributed by atoms with Crippen molar-refractivity contribution in [1.82, 2.24) is 15.0 Å². The van der Waals surface area contributed by atoms with Gasteiger partial charge in [0.05, 0.1) is 11.5 Å². The maximum atomic E-state index is 13.4. The van der Waals surface area contributed by atoms with E-state index < -0.39 is 17.7 Å². The highest BCUT2D eigenvalue weighted by atomic mass is 19.4. The number of carbonyl (C=O) groups is 1. The quantitative estimate of drug-likeness (QED) is 0.580. The van der Waals surface area contributed by atoms with Gasteiger partial charge in [-0.05, 0) is 43.5 Å². The predicted octanol–water partition coefficient (Wildman–Crippen LogP) is 4.27. The molecule has 1 unspecified atom stereocenters. The number of halogens is 3. The summed E-state index contributed by atoms with van der Waals surface area (Å²) in [5.41, 5.74) is 0.742. The molecule has 178 valence electrons. The van der Waals surface area contributed by atoms with E-state index in [0.29, 0.717) is 48.6 Å². The van der Waals surface area contributed by atoms with Gasteiger partial charge >= 0.3 is 6.18 Å². The Morgan fingerprint density at radius 3 is 2.82 bits per heavy atom. The summed E-state index contributed by atoms with van der Waals surface area (Å²) in [5, 5.41) is 2.85. The molecule has 0 aliphatic carbocycles. The SMILES string of the molecule is CCc1cc(=O)[nH]c(-c2cccc(NC(=O)C3CCCN(c4ncccc4C(F)(F)F)C3)c2)n1. The molecule has 4 rings (SSSR count). The number of nitrogens with one attached hydrogen (secondary N) is 2. The van der Waals surface area contributed by atoms with Crippen LogP contribution in [-0.2, 0) is 17.4 Å². The van der Waals surface area contributed by atoms with Gasteiger partial charge in [-0.15, -0.1) is 0 Å². The molecular formula is C24H24F3N5O2. The van der Waals surface area contributed by atoms with Crippen molar-refractivity contribution >= 4 is 17.4 Å². The number of H-pyrrole nitrogens is 1. The number of carbonyl (C=O) groups excluding carboxylic acids is 1. The first-order chi connectivity index (χ1) is 16.2. The van der Waals surface area contributed by atoms with Crippen LogP contribution in [0.2, 0.25) is 0 Å². The van der Waals surface area contributed by atoms with Gasteiger partial charge in [-0.25, -0.2) is 9.97 Å². The lowest BCUT2D eigenvalue weighted by Gasteiger charge is -2.34. The first kappa shape index (κ1) is 23.5. The van der Waals surface area contributed by atoms with E-state index in [4.69, 9.17) is 0 Å². The Hall–Kier alpha value is -3.69. The van der Waals surface area contributed by atoms with Gasteiger partial charge in [0.25, 0.3) is 5.56 Å². The maximum absolute atomic E-state index is 13.4. The van der Waals surface area contributed by atoms with Gasteiger partial charge in [-0.3, -0.25) is 9.59 Å². The molecule has 1 atom stereocenters. The van der Waals surface area contributed by atoms with Gasteiger partial charge in [-0.1, -0.05) is 19.1 Å². The summed E-state index contributed by atoms with van der Waals surface area (Å²) in [6, 6.07) is 10.6. The standard InChI is InChI=1S/C24H24F3N5O2/c1-2-17-13-20(33)31-21(29-17)15-6-3-8-18(12-15)30-23(34)16-7-5-11-32(14-16)22-19(24(25,26)27)9-4-10-28-22/h3-4,6,8-10,12-13,16H,2,5,7,11,14H2,1H3,(H,30,34)(H,29,31,33). The van der Waals surface area contributed by atoms with Crippen molar-refractivity contribution in [2.75, 3.05) is 23.3 Å². The number of aromatic nitrogens is 3. The van der Waals surface area contributed by atoms with Crippen molar-refractivity contribution in [3.05, 3.63) is 70.3 Å². The fourth-order valence-electron chi connectivity index (χ4n) is 4.07. The Bertz CT molecular complexity index is 1240. The minimum atomic E-state index is -4.52. The Morgan fingerprint density at radius 1 is 1.24 bits per heavy atom. The highest BCUT2D eigenvalue weighted by Gasteiger charge is 2.37. The van der Waals surface area contributed by atoms with E-state index in [-0.39, 0.29) is 23.8 Å². The van der Waals surface area contributed by atoms with Crippen molar-refractivity contribution in [2.24, 2.45) is 5.92 Å². The van der Waals surface area contributed by atoms with Crippen molar-refractivity contribution in [2.45, 2.75) is 32.4 Å². The molecular weight excluding hydrogens is 447 g/mol. The lowest BCUT2D eigenvalue weighted by molar-refractivity contribution is -0.137. The van der Waals surface area contributed by atoms with Crippen LogP contribution in [0.1, 0.15) is 31.0 Å². The van der Waals surface area contributed by atoms with E-state index in [2.05, 4.69) is 20.3 Å².